The summed E-state index contributed by atoms with van der Waals surface area (Å²) in [5, 5.41) is 11.9. The van der Waals surface area contributed by atoms with Crippen LogP contribution in [0.25, 0.3) is 0 Å². The molecule has 0 radical (unpaired) electrons. The van der Waals surface area contributed by atoms with Gasteiger partial charge in [0.15, 0.2) is 0 Å². The molecule has 17 heavy (non-hydrogen) atoms. The first-order chi connectivity index (χ1) is 8.06. The lowest BCUT2D eigenvalue weighted by Gasteiger charge is -2.12. The van der Waals surface area contributed by atoms with Gasteiger partial charge in [-0.1, -0.05) is 0 Å². The lowest BCUT2D eigenvalue weighted by atomic mass is 10.1. The number of nitrogens with one attached hydrogen (secondary N) is 1. The Kier molecular flexibility index (Phi) is 3.15. The van der Waals surface area contributed by atoms with Gasteiger partial charge in [-0.3, -0.25) is 4.79 Å². The van der Waals surface area contributed by atoms with Crippen LogP contribution in [0, 0.1) is 18.2 Å². The predicted octanol–water partition coefficient (Wildman–Crippen LogP) is 1.64. The summed E-state index contributed by atoms with van der Waals surface area (Å²) in [6.45, 7) is 2.22. The van der Waals surface area contributed by atoms with Gasteiger partial charge in [-0.15, -0.1) is 0 Å². The minimum atomic E-state index is -0.310. The predicted molar refractivity (Wildman–Crippen MR) is 62.2 cm³/mol. The molecule has 3 nitrogen and oxygen atoms in total. The van der Waals surface area contributed by atoms with Gasteiger partial charge in [-0.2, -0.15) is 0 Å². The van der Waals surface area contributed by atoms with Gasteiger partial charge in [0.1, 0.15) is 5.82 Å². The zero-order chi connectivity index (χ0) is 12.5. The molecule has 1 aromatic rings. The number of carbonyl (C=O) groups excluding carboxylic acids is 1. The van der Waals surface area contributed by atoms with Crippen molar-refractivity contribution >= 4 is 5.91 Å². The summed E-state index contributed by atoms with van der Waals surface area (Å²) in [6.07, 6.45) is 1.90. The topological polar surface area (TPSA) is 49.3 Å². The van der Waals surface area contributed by atoms with Crippen molar-refractivity contribution in [3.8, 4) is 0 Å². The quantitative estimate of drug-likeness (QED) is 0.836. The molecule has 4 heteroatoms. The fourth-order valence-electron chi connectivity index (χ4n) is 1.72. The Balaban J connectivity index is 1.97. The molecule has 1 fully saturated rings. The van der Waals surface area contributed by atoms with Crippen molar-refractivity contribution in [2.75, 3.05) is 13.2 Å². The molecule has 92 valence electrons. The van der Waals surface area contributed by atoms with E-state index >= 15 is 0 Å². The molecule has 1 aromatic carbocycles. The zero-order valence-electron chi connectivity index (χ0n) is 9.79. The molecule has 0 spiro atoms. The lowest BCUT2D eigenvalue weighted by molar-refractivity contribution is 0.0935. The van der Waals surface area contributed by atoms with Gasteiger partial charge >= 0.3 is 0 Å². The third kappa shape index (κ3) is 2.64. The Labute approximate surface area is 99.7 Å². The Bertz CT molecular complexity index is 441. The van der Waals surface area contributed by atoms with Crippen LogP contribution in [-0.2, 0) is 0 Å². The van der Waals surface area contributed by atoms with Crippen LogP contribution in [-0.4, -0.2) is 24.2 Å². The third-order valence-corrected chi connectivity index (χ3v) is 3.34. The lowest BCUT2D eigenvalue weighted by Crippen LogP contribution is -2.31. The van der Waals surface area contributed by atoms with Gasteiger partial charge in [0.2, 0.25) is 0 Å². The van der Waals surface area contributed by atoms with E-state index in [2.05, 4.69) is 5.32 Å². The Morgan fingerprint density at radius 1 is 1.53 bits per heavy atom. The molecule has 1 saturated carbocycles. The highest BCUT2D eigenvalue weighted by molar-refractivity contribution is 5.94. The summed E-state index contributed by atoms with van der Waals surface area (Å²) in [4.78, 5) is 11.8. The van der Waals surface area contributed by atoms with E-state index in [4.69, 9.17) is 5.11 Å². The van der Waals surface area contributed by atoms with Gasteiger partial charge < -0.3 is 10.4 Å². The highest BCUT2D eigenvalue weighted by atomic mass is 19.1. The second-order valence-corrected chi connectivity index (χ2v) is 4.80. The second kappa shape index (κ2) is 4.45. The number of rotatable bonds is 4. The molecule has 0 saturated heterocycles. The van der Waals surface area contributed by atoms with Crippen molar-refractivity contribution in [1.82, 2.24) is 5.32 Å². The first-order valence-corrected chi connectivity index (χ1v) is 5.72. The van der Waals surface area contributed by atoms with E-state index in [1.165, 1.54) is 18.2 Å². The van der Waals surface area contributed by atoms with Crippen molar-refractivity contribution in [2.24, 2.45) is 5.41 Å². The van der Waals surface area contributed by atoms with Crippen molar-refractivity contribution in [3.05, 3.63) is 35.1 Å². The normalized spacial score (nSPS) is 16.6. The van der Waals surface area contributed by atoms with E-state index in [0.29, 0.717) is 17.7 Å². The average molecular weight is 237 g/mol. The highest BCUT2D eigenvalue weighted by Crippen LogP contribution is 2.44. The maximum atomic E-state index is 13.0. The van der Waals surface area contributed by atoms with E-state index in [1.54, 1.807) is 6.92 Å². The minimum absolute atomic E-state index is 0.106. The van der Waals surface area contributed by atoms with E-state index in [-0.39, 0.29) is 23.7 Å². The number of benzene rings is 1. The fourth-order valence-corrected chi connectivity index (χ4v) is 1.72. The van der Waals surface area contributed by atoms with E-state index < -0.39 is 0 Å². The second-order valence-electron chi connectivity index (χ2n) is 4.80. The molecular weight excluding hydrogens is 221 g/mol. The summed E-state index contributed by atoms with van der Waals surface area (Å²) < 4.78 is 13.0. The minimum Gasteiger partial charge on any atom is -0.396 e. The zero-order valence-corrected chi connectivity index (χ0v) is 9.79. The van der Waals surface area contributed by atoms with Crippen LogP contribution in [0.3, 0.4) is 0 Å². The number of halogens is 1. The Morgan fingerprint density at radius 3 is 2.76 bits per heavy atom. The smallest absolute Gasteiger partial charge is 0.251 e. The number of carbonyl (C=O) groups is 1. The average Bonchev–Trinajstić information content (AvgIpc) is 3.10. The van der Waals surface area contributed by atoms with Gasteiger partial charge in [0.05, 0.1) is 6.61 Å². The van der Waals surface area contributed by atoms with Crippen LogP contribution >= 0.6 is 0 Å². The first kappa shape index (κ1) is 12.0. The van der Waals surface area contributed by atoms with Gasteiger partial charge in [0.25, 0.3) is 5.91 Å². The molecule has 1 aliphatic carbocycles. The number of hydrogen-bond donors (Lipinski definition) is 2. The molecule has 0 aliphatic heterocycles. The number of hydrogen-bond acceptors (Lipinski definition) is 2. The summed E-state index contributed by atoms with van der Waals surface area (Å²) in [6, 6.07) is 4.29. The Morgan fingerprint density at radius 2 is 2.24 bits per heavy atom. The summed E-state index contributed by atoms with van der Waals surface area (Å²) in [5.74, 6) is -0.525. The summed E-state index contributed by atoms with van der Waals surface area (Å²) in [5.41, 5.74) is 0.809. The highest BCUT2D eigenvalue weighted by Gasteiger charge is 2.42. The van der Waals surface area contributed by atoms with Crippen molar-refractivity contribution in [3.63, 3.8) is 0 Å². The van der Waals surface area contributed by atoms with Crippen LogP contribution in [0.15, 0.2) is 18.2 Å². The van der Waals surface area contributed by atoms with Gasteiger partial charge in [-0.05, 0) is 43.5 Å². The molecule has 1 amide bonds. The summed E-state index contributed by atoms with van der Waals surface area (Å²) >= 11 is 0. The number of aliphatic hydroxyl groups excluding tert-OH is 1. The number of amides is 1. The van der Waals surface area contributed by atoms with Crippen LogP contribution < -0.4 is 5.32 Å². The Hall–Kier alpha value is -1.42. The van der Waals surface area contributed by atoms with Crippen molar-refractivity contribution in [2.45, 2.75) is 19.8 Å². The largest absolute Gasteiger partial charge is 0.396 e. The van der Waals surface area contributed by atoms with Crippen LogP contribution in [0.2, 0.25) is 0 Å². The van der Waals surface area contributed by atoms with Crippen LogP contribution in [0.4, 0.5) is 4.39 Å². The SMILES string of the molecule is Cc1cc(C(=O)NCC2(CO)CC2)ccc1F. The molecule has 0 aromatic heterocycles. The van der Waals surface area contributed by atoms with Crippen LogP contribution in [0.1, 0.15) is 28.8 Å². The summed E-state index contributed by atoms with van der Waals surface area (Å²) in [7, 11) is 0. The van der Waals surface area contributed by atoms with Gasteiger partial charge in [0, 0.05) is 17.5 Å². The van der Waals surface area contributed by atoms with Crippen molar-refractivity contribution < 1.29 is 14.3 Å². The van der Waals surface area contributed by atoms with Crippen molar-refractivity contribution in [1.29, 1.82) is 0 Å². The molecule has 2 N–H and O–H groups in total. The first-order valence-electron chi connectivity index (χ1n) is 5.72. The maximum absolute atomic E-state index is 13.0. The van der Waals surface area contributed by atoms with Gasteiger partial charge in [-0.25, -0.2) is 4.39 Å². The van der Waals surface area contributed by atoms with Crippen LogP contribution in [0.5, 0.6) is 0 Å². The molecular formula is C13H16FNO2. The molecule has 0 atom stereocenters. The number of aliphatic hydroxyl groups is 1. The third-order valence-electron chi connectivity index (χ3n) is 3.34. The molecule has 0 heterocycles. The fraction of sp³-hybridized carbons (Fsp3) is 0.462. The molecule has 1 aliphatic rings. The molecule has 2 rings (SSSR count). The maximum Gasteiger partial charge on any atom is 0.251 e. The van der Waals surface area contributed by atoms with E-state index in [1.807, 2.05) is 0 Å². The number of aryl methyl sites for hydroxylation is 1. The molecule has 0 unspecified atom stereocenters. The van der Waals surface area contributed by atoms with E-state index in [9.17, 15) is 9.18 Å². The monoisotopic (exact) mass is 237 g/mol. The molecule has 0 bridgehead atoms. The standard InChI is InChI=1S/C13H16FNO2/c1-9-6-10(2-3-11(9)14)12(17)15-7-13(8-16)4-5-13/h2-3,6,16H,4-5,7-8H2,1H3,(H,15,17). The van der Waals surface area contributed by atoms with E-state index in [0.717, 1.165) is 12.8 Å².